The van der Waals surface area contributed by atoms with Crippen LogP contribution in [0.15, 0.2) is 24.3 Å². The molecule has 82 valence electrons. The van der Waals surface area contributed by atoms with Crippen molar-refractivity contribution < 1.29 is 9.90 Å². The third kappa shape index (κ3) is 4.74. The number of nitrogens with one attached hydrogen (secondary N) is 1. The average molecular weight is 225 g/mol. The number of hydrogen-bond acceptors (Lipinski definition) is 3. The summed E-state index contributed by atoms with van der Waals surface area (Å²) in [5.74, 6) is 1.23. The molecule has 2 N–H and O–H groups in total. The number of aromatic hydroxyl groups is 1. The molecule has 0 saturated carbocycles. The minimum atomic E-state index is 0.0229. The number of carbonyl (C=O) groups is 1. The van der Waals surface area contributed by atoms with E-state index in [1.165, 1.54) is 0 Å². The third-order valence-electron chi connectivity index (χ3n) is 1.90. The third-order valence-corrected chi connectivity index (χ3v) is 2.60. The van der Waals surface area contributed by atoms with Gasteiger partial charge in [0.25, 0.3) is 0 Å². The Morgan fingerprint density at radius 1 is 1.40 bits per heavy atom. The molecule has 0 spiro atoms. The van der Waals surface area contributed by atoms with Gasteiger partial charge in [0.05, 0.1) is 0 Å². The van der Waals surface area contributed by atoms with Crippen molar-refractivity contribution in [2.45, 2.75) is 12.8 Å². The van der Waals surface area contributed by atoms with Gasteiger partial charge in [-0.1, -0.05) is 0 Å². The first-order valence-corrected chi connectivity index (χ1v) is 6.19. The number of rotatable bonds is 5. The van der Waals surface area contributed by atoms with Crippen molar-refractivity contribution >= 4 is 23.4 Å². The highest BCUT2D eigenvalue weighted by Gasteiger charge is 2.01. The number of phenols is 1. The molecular formula is C11H15NO2S. The highest BCUT2D eigenvalue weighted by molar-refractivity contribution is 7.98. The Morgan fingerprint density at radius 2 is 2.07 bits per heavy atom. The fourth-order valence-electron chi connectivity index (χ4n) is 1.15. The van der Waals surface area contributed by atoms with Crippen LogP contribution in [0, 0.1) is 0 Å². The quantitative estimate of drug-likeness (QED) is 0.598. The molecule has 1 rings (SSSR count). The van der Waals surface area contributed by atoms with Gasteiger partial charge in [0.15, 0.2) is 0 Å². The molecule has 15 heavy (non-hydrogen) atoms. The number of anilines is 1. The lowest BCUT2D eigenvalue weighted by Gasteiger charge is -2.04. The monoisotopic (exact) mass is 225 g/mol. The van der Waals surface area contributed by atoms with Crippen LogP contribution < -0.4 is 5.32 Å². The smallest absolute Gasteiger partial charge is 0.224 e. The van der Waals surface area contributed by atoms with Gasteiger partial charge >= 0.3 is 0 Å². The predicted octanol–water partition coefficient (Wildman–Crippen LogP) is 2.47. The standard InChI is InChI=1S/C11H15NO2S/c1-15-8-2-3-11(14)12-9-4-6-10(13)7-5-9/h4-7,13H,2-3,8H2,1H3,(H,12,14). The van der Waals surface area contributed by atoms with E-state index in [1.54, 1.807) is 36.0 Å². The van der Waals surface area contributed by atoms with E-state index in [9.17, 15) is 4.79 Å². The molecule has 0 atom stereocenters. The van der Waals surface area contributed by atoms with E-state index in [0.29, 0.717) is 6.42 Å². The number of hydrogen-bond donors (Lipinski definition) is 2. The molecule has 0 fully saturated rings. The van der Waals surface area contributed by atoms with E-state index in [4.69, 9.17) is 5.11 Å². The van der Waals surface area contributed by atoms with E-state index in [2.05, 4.69) is 5.32 Å². The van der Waals surface area contributed by atoms with Crippen molar-refractivity contribution in [1.29, 1.82) is 0 Å². The molecule has 0 aliphatic carbocycles. The Balaban J connectivity index is 2.34. The summed E-state index contributed by atoms with van der Waals surface area (Å²) < 4.78 is 0. The maximum atomic E-state index is 11.4. The second-order valence-electron chi connectivity index (χ2n) is 3.19. The van der Waals surface area contributed by atoms with Crippen molar-refractivity contribution in [2.75, 3.05) is 17.3 Å². The van der Waals surface area contributed by atoms with E-state index in [1.807, 2.05) is 6.26 Å². The zero-order chi connectivity index (χ0) is 11.1. The molecule has 1 aromatic carbocycles. The topological polar surface area (TPSA) is 49.3 Å². The molecule has 0 aliphatic heterocycles. The molecule has 1 aromatic rings. The van der Waals surface area contributed by atoms with Crippen molar-refractivity contribution in [1.82, 2.24) is 0 Å². The zero-order valence-corrected chi connectivity index (χ0v) is 9.51. The van der Waals surface area contributed by atoms with E-state index in [0.717, 1.165) is 17.9 Å². The molecule has 1 amide bonds. The van der Waals surface area contributed by atoms with Gasteiger partial charge in [-0.25, -0.2) is 0 Å². The maximum Gasteiger partial charge on any atom is 0.224 e. The first kappa shape index (κ1) is 11.9. The van der Waals surface area contributed by atoms with Crippen LogP contribution in [0.4, 0.5) is 5.69 Å². The minimum Gasteiger partial charge on any atom is -0.508 e. The first-order valence-electron chi connectivity index (χ1n) is 4.80. The van der Waals surface area contributed by atoms with Crippen LogP contribution in [-0.4, -0.2) is 23.0 Å². The molecule has 0 unspecified atom stereocenters. The average Bonchev–Trinajstić information content (AvgIpc) is 2.22. The summed E-state index contributed by atoms with van der Waals surface area (Å²) in [6, 6.07) is 6.47. The van der Waals surface area contributed by atoms with Crippen LogP contribution in [-0.2, 0) is 4.79 Å². The molecule has 0 saturated heterocycles. The summed E-state index contributed by atoms with van der Waals surface area (Å²) >= 11 is 1.74. The minimum absolute atomic E-state index is 0.0229. The molecular weight excluding hydrogens is 210 g/mol. The van der Waals surface area contributed by atoms with Crippen LogP contribution in [0.2, 0.25) is 0 Å². The Kier molecular flexibility index (Phi) is 5.04. The fraction of sp³-hybridized carbons (Fsp3) is 0.364. The van der Waals surface area contributed by atoms with Gasteiger partial charge in [-0.3, -0.25) is 4.79 Å². The second kappa shape index (κ2) is 6.35. The molecule has 0 radical (unpaired) electrons. The van der Waals surface area contributed by atoms with Gasteiger partial charge < -0.3 is 10.4 Å². The van der Waals surface area contributed by atoms with Crippen molar-refractivity contribution in [3.63, 3.8) is 0 Å². The Labute approximate surface area is 93.9 Å². The van der Waals surface area contributed by atoms with Crippen molar-refractivity contribution in [3.05, 3.63) is 24.3 Å². The summed E-state index contributed by atoms with van der Waals surface area (Å²) in [5.41, 5.74) is 0.724. The number of benzene rings is 1. The number of phenolic OH excluding ortho intramolecular Hbond substituents is 1. The van der Waals surface area contributed by atoms with Crippen molar-refractivity contribution in [3.8, 4) is 5.75 Å². The van der Waals surface area contributed by atoms with E-state index >= 15 is 0 Å². The first-order chi connectivity index (χ1) is 7.22. The Morgan fingerprint density at radius 3 is 2.67 bits per heavy atom. The summed E-state index contributed by atoms with van der Waals surface area (Å²) in [6.07, 6.45) is 3.46. The number of amides is 1. The van der Waals surface area contributed by atoms with E-state index < -0.39 is 0 Å². The van der Waals surface area contributed by atoms with Gasteiger partial charge in [0, 0.05) is 12.1 Å². The molecule has 4 heteroatoms. The molecule has 3 nitrogen and oxygen atoms in total. The second-order valence-corrected chi connectivity index (χ2v) is 4.18. The normalized spacial score (nSPS) is 9.93. The lowest BCUT2D eigenvalue weighted by Crippen LogP contribution is -2.11. The highest BCUT2D eigenvalue weighted by Crippen LogP contribution is 2.14. The van der Waals surface area contributed by atoms with E-state index in [-0.39, 0.29) is 11.7 Å². The zero-order valence-electron chi connectivity index (χ0n) is 8.69. The lowest BCUT2D eigenvalue weighted by atomic mass is 10.2. The highest BCUT2D eigenvalue weighted by atomic mass is 32.2. The molecule has 0 heterocycles. The van der Waals surface area contributed by atoms with Crippen molar-refractivity contribution in [2.24, 2.45) is 0 Å². The van der Waals surface area contributed by atoms with Gasteiger partial charge in [-0.2, -0.15) is 11.8 Å². The Bertz CT molecular complexity index is 311. The number of carbonyl (C=O) groups excluding carboxylic acids is 1. The summed E-state index contributed by atoms with van der Waals surface area (Å²) in [5, 5.41) is 11.8. The van der Waals surface area contributed by atoms with Crippen LogP contribution in [0.3, 0.4) is 0 Å². The van der Waals surface area contributed by atoms with Gasteiger partial charge in [0.1, 0.15) is 5.75 Å². The summed E-state index contributed by atoms with van der Waals surface area (Å²) in [7, 11) is 0. The number of thioether (sulfide) groups is 1. The van der Waals surface area contributed by atoms with Gasteiger partial charge in [-0.15, -0.1) is 0 Å². The lowest BCUT2D eigenvalue weighted by molar-refractivity contribution is -0.116. The largest absolute Gasteiger partial charge is 0.508 e. The molecule has 0 bridgehead atoms. The van der Waals surface area contributed by atoms with Crippen LogP contribution in [0.1, 0.15) is 12.8 Å². The van der Waals surface area contributed by atoms with Gasteiger partial charge in [0.2, 0.25) is 5.91 Å². The van der Waals surface area contributed by atoms with Crippen LogP contribution in [0.25, 0.3) is 0 Å². The molecule has 0 aromatic heterocycles. The SMILES string of the molecule is CSCCCC(=O)Nc1ccc(O)cc1. The van der Waals surface area contributed by atoms with Gasteiger partial charge in [-0.05, 0) is 42.7 Å². The Hall–Kier alpha value is -1.16. The van der Waals surface area contributed by atoms with Crippen LogP contribution >= 0.6 is 11.8 Å². The fourth-order valence-corrected chi connectivity index (χ4v) is 1.58. The summed E-state index contributed by atoms with van der Waals surface area (Å²) in [4.78, 5) is 11.4. The predicted molar refractivity (Wildman–Crippen MR) is 64.4 cm³/mol. The van der Waals surface area contributed by atoms with Crippen LogP contribution in [0.5, 0.6) is 5.75 Å². The molecule has 0 aliphatic rings. The summed E-state index contributed by atoms with van der Waals surface area (Å²) in [6.45, 7) is 0. The maximum absolute atomic E-state index is 11.4.